The molecule has 0 aliphatic carbocycles. The highest BCUT2D eigenvalue weighted by Crippen LogP contribution is 2.28. The van der Waals surface area contributed by atoms with Crippen LogP contribution in [0.15, 0.2) is 47.7 Å². The number of anilines is 1. The Hall–Kier alpha value is -3.12. The minimum atomic E-state index is -2.70. The van der Waals surface area contributed by atoms with Crippen LogP contribution in [0.4, 0.5) is 14.5 Å². The number of likely N-dealkylation sites (tertiary alicyclic amines) is 2. The standard InChI is InChI=1S/C25H30F2N6O3S.C2H6/c1-17-3-2-4-20(11-17)33(37(35)22-7-9-32(10-8-22)21-14-31(15-21)16-34)13-19-6-5-18(12-28-19)24-29-30-25(36-24)23(26)27;1-2/h2-6,11-12,16,21-23,25,30H,7-10,13-15H2,1H3;1-2H3. The summed E-state index contributed by atoms with van der Waals surface area (Å²) in [4.78, 5) is 19.5. The van der Waals surface area contributed by atoms with Crippen LogP contribution in [0.1, 0.15) is 43.5 Å². The van der Waals surface area contributed by atoms with Gasteiger partial charge in [0.15, 0.2) is 0 Å². The Morgan fingerprint density at radius 1 is 1.21 bits per heavy atom. The number of benzene rings is 1. The molecule has 2 fully saturated rings. The number of hydrogen-bond donors (Lipinski definition) is 1. The number of piperidine rings is 1. The number of halogens is 2. The average molecular weight is 563 g/mol. The van der Waals surface area contributed by atoms with Gasteiger partial charge in [0, 0.05) is 31.0 Å². The zero-order chi connectivity index (χ0) is 27.9. The van der Waals surface area contributed by atoms with Crippen LogP contribution in [0.5, 0.6) is 0 Å². The van der Waals surface area contributed by atoms with E-state index in [4.69, 9.17) is 4.74 Å². The summed E-state index contributed by atoms with van der Waals surface area (Å²) in [6.07, 6.45) is -0.112. The van der Waals surface area contributed by atoms with Crippen LogP contribution in [0.3, 0.4) is 0 Å². The van der Waals surface area contributed by atoms with Crippen molar-refractivity contribution >= 4 is 29.0 Å². The van der Waals surface area contributed by atoms with Crippen LogP contribution in [-0.4, -0.2) is 81.4 Å². The predicted octanol–water partition coefficient (Wildman–Crippen LogP) is 3.26. The van der Waals surface area contributed by atoms with Gasteiger partial charge in [0.1, 0.15) is 11.0 Å². The third-order valence-electron chi connectivity index (χ3n) is 6.96. The molecule has 1 amide bonds. The number of hydrazone groups is 1. The lowest BCUT2D eigenvalue weighted by Crippen LogP contribution is -2.60. The fourth-order valence-corrected chi connectivity index (χ4v) is 6.35. The number of aromatic nitrogens is 1. The Balaban J connectivity index is 0.00000172. The Morgan fingerprint density at radius 2 is 1.95 bits per heavy atom. The van der Waals surface area contributed by atoms with E-state index in [1.165, 1.54) is 6.20 Å². The van der Waals surface area contributed by atoms with Gasteiger partial charge in [-0.05, 0) is 62.7 Å². The number of aryl methyl sites for hydroxylation is 1. The van der Waals surface area contributed by atoms with Gasteiger partial charge < -0.3 is 9.64 Å². The fraction of sp³-hybridized carbons (Fsp3) is 0.519. The summed E-state index contributed by atoms with van der Waals surface area (Å²) in [6.45, 7) is 9.59. The van der Waals surface area contributed by atoms with Crippen molar-refractivity contribution in [1.29, 1.82) is 0 Å². The van der Waals surface area contributed by atoms with Crippen molar-refractivity contribution < 1.29 is 22.5 Å². The quantitative estimate of drug-likeness (QED) is 0.472. The average Bonchev–Trinajstić information content (AvgIpc) is 3.44. The molecule has 0 radical (unpaired) electrons. The number of nitrogens with one attached hydrogen (secondary N) is 1. The Morgan fingerprint density at radius 3 is 2.54 bits per heavy atom. The summed E-state index contributed by atoms with van der Waals surface area (Å²) in [5, 5.41) is 3.84. The molecule has 1 N–H and O–H groups in total. The van der Waals surface area contributed by atoms with Crippen LogP contribution in [0, 0.1) is 6.92 Å². The molecular weight excluding hydrogens is 526 g/mol. The molecule has 1 aromatic carbocycles. The molecule has 1 aromatic heterocycles. The lowest BCUT2D eigenvalue weighted by atomic mass is 10.0. The number of carbonyl (C=O) groups excluding carboxylic acids is 1. The zero-order valence-electron chi connectivity index (χ0n) is 22.5. The molecule has 2 atom stereocenters. The van der Waals surface area contributed by atoms with Crippen molar-refractivity contribution in [3.63, 3.8) is 0 Å². The van der Waals surface area contributed by atoms with E-state index in [0.717, 1.165) is 56.7 Å². The first-order valence-corrected chi connectivity index (χ1v) is 14.5. The van der Waals surface area contributed by atoms with E-state index in [1.807, 2.05) is 49.3 Å². The van der Waals surface area contributed by atoms with Crippen molar-refractivity contribution in [3.8, 4) is 0 Å². The lowest BCUT2D eigenvalue weighted by Gasteiger charge is -2.46. The maximum absolute atomic E-state index is 13.9. The Bertz CT molecular complexity index is 1150. The van der Waals surface area contributed by atoms with E-state index < -0.39 is 23.6 Å². The number of alkyl halides is 2. The van der Waals surface area contributed by atoms with Crippen molar-refractivity contribution in [3.05, 3.63) is 59.4 Å². The van der Waals surface area contributed by atoms with Crippen molar-refractivity contribution in [2.45, 2.75) is 64.1 Å². The van der Waals surface area contributed by atoms with Gasteiger partial charge in [-0.15, -0.1) is 5.10 Å². The first-order valence-electron chi connectivity index (χ1n) is 13.3. The molecule has 5 rings (SSSR count). The number of carbonyl (C=O) groups is 1. The molecule has 3 aliphatic rings. The summed E-state index contributed by atoms with van der Waals surface area (Å²) >= 11 is 0. The van der Waals surface area contributed by atoms with Crippen LogP contribution >= 0.6 is 0 Å². The summed E-state index contributed by atoms with van der Waals surface area (Å²) in [5.74, 6) is 0.0675. The number of rotatable bonds is 9. The molecular formula is C27H36F2N6O3S. The number of nitrogens with zero attached hydrogens (tertiary/aromatic N) is 5. The SMILES string of the molecule is CC.Cc1cccc(N(Cc2ccc(C3=NNC(C(F)F)O3)cn2)S(=O)C2CCN(C3CN(C=O)C3)CC2)c1. The number of amides is 1. The summed E-state index contributed by atoms with van der Waals surface area (Å²) < 4.78 is 46.6. The maximum Gasteiger partial charge on any atom is 0.294 e. The summed E-state index contributed by atoms with van der Waals surface area (Å²) in [7, 11) is -1.28. The molecule has 0 saturated carbocycles. The molecule has 12 heteroatoms. The molecule has 2 unspecified atom stereocenters. The van der Waals surface area contributed by atoms with E-state index in [-0.39, 0.29) is 11.1 Å². The van der Waals surface area contributed by atoms with Gasteiger partial charge in [-0.1, -0.05) is 26.0 Å². The van der Waals surface area contributed by atoms with E-state index >= 15 is 0 Å². The zero-order valence-corrected chi connectivity index (χ0v) is 23.3. The van der Waals surface area contributed by atoms with Gasteiger partial charge in [0.05, 0.1) is 23.1 Å². The lowest BCUT2D eigenvalue weighted by molar-refractivity contribution is -0.125. The molecule has 0 bridgehead atoms. The highest BCUT2D eigenvalue weighted by molar-refractivity contribution is 7.87. The van der Waals surface area contributed by atoms with Gasteiger partial charge in [-0.3, -0.25) is 24.4 Å². The molecule has 212 valence electrons. The second-order valence-corrected chi connectivity index (χ2v) is 11.2. The molecule has 3 aliphatic heterocycles. The number of ether oxygens (including phenoxy) is 1. The van der Waals surface area contributed by atoms with Crippen molar-refractivity contribution in [2.24, 2.45) is 5.10 Å². The van der Waals surface area contributed by atoms with E-state index in [1.54, 1.807) is 17.0 Å². The molecule has 4 heterocycles. The minimum absolute atomic E-state index is 0.0110. The first-order chi connectivity index (χ1) is 18.9. The molecule has 9 nitrogen and oxygen atoms in total. The van der Waals surface area contributed by atoms with Gasteiger partial charge in [-0.25, -0.2) is 13.0 Å². The topological polar surface area (TPSA) is 90.4 Å². The molecule has 0 spiro atoms. The van der Waals surface area contributed by atoms with Crippen LogP contribution in [-0.2, 0) is 27.1 Å². The fourth-order valence-electron chi connectivity index (χ4n) is 4.80. The molecule has 39 heavy (non-hydrogen) atoms. The van der Waals surface area contributed by atoms with Gasteiger partial charge >= 0.3 is 0 Å². The number of pyridine rings is 1. The molecule has 2 aromatic rings. The maximum atomic E-state index is 13.9. The third kappa shape index (κ3) is 6.91. The second kappa shape index (κ2) is 13.3. The van der Waals surface area contributed by atoms with Crippen LogP contribution in [0.25, 0.3) is 0 Å². The smallest absolute Gasteiger partial charge is 0.294 e. The Labute approximate surface area is 230 Å². The largest absolute Gasteiger partial charge is 0.444 e. The van der Waals surface area contributed by atoms with Gasteiger partial charge in [0.2, 0.25) is 18.5 Å². The summed E-state index contributed by atoms with van der Waals surface area (Å²) in [6, 6.07) is 11.8. The normalized spacial score (nSPS) is 20.7. The van der Waals surface area contributed by atoms with E-state index in [0.29, 0.717) is 23.8 Å². The number of hydrogen-bond acceptors (Lipinski definition) is 7. The van der Waals surface area contributed by atoms with E-state index in [2.05, 4.69) is 20.4 Å². The first kappa shape index (κ1) is 28.9. The molecule has 2 saturated heterocycles. The van der Waals surface area contributed by atoms with E-state index in [9.17, 15) is 17.8 Å². The summed E-state index contributed by atoms with van der Waals surface area (Å²) in [5.41, 5.74) is 5.38. The minimum Gasteiger partial charge on any atom is -0.444 e. The predicted molar refractivity (Wildman–Crippen MR) is 148 cm³/mol. The highest BCUT2D eigenvalue weighted by Gasteiger charge is 2.36. The van der Waals surface area contributed by atoms with Gasteiger partial charge in [-0.2, -0.15) is 0 Å². The van der Waals surface area contributed by atoms with Crippen LogP contribution in [0.2, 0.25) is 0 Å². The highest BCUT2D eigenvalue weighted by atomic mass is 32.2. The van der Waals surface area contributed by atoms with Crippen LogP contribution < -0.4 is 9.73 Å². The Kier molecular flexibility index (Phi) is 9.84. The van der Waals surface area contributed by atoms with Crippen molar-refractivity contribution in [1.82, 2.24) is 20.2 Å². The van der Waals surface area contributed by atoms with Gasteiger partial charge in [0.25, 0.3) is 6.43 Å². The second-order valence-electron chi connectivity index (χ2n) is 9.56. The third-order valence-corrected chi connectivity index (χ3v) is 8.78. The van der Waals surface area contributed by atoms with Crippen molar-refractivity contribution in [2.75, 3.05) is 30.5 Å². The monoisotopic (exact) mass is 562 g/mol.